The van der Waals surface area contributed by atoms with Crippen molar-refractivity contribution < 1.29 is 17.9 Å². The summed E-state index contributed by atoms with van der Waals surface area (Å²) in [5.41, 5.74) is 0. The van der Waals surface area contributed by atoms with Gasteiger partial charge < -0.3 is 9.64 Å². The summed E-state index contributed by atoms with van der Waals surface area (Å²) in [5.74, 6) is -0.254. The Kier molecular flexibility index (Phi) is 3.18. The lowest BCUT2D eigenvalue weighted by atomic mass is 10.1. The predicted octanol–water partition coefficient (Wildman–Crippen LogP) is -1.09. The minimum atomic E-state index is -3.49. The summed E-state index contributed by atoms with van der Waals surface area (Å²) in [4.78, 5) is 13.4. The van der Waals surface area contributed by atoms with Crippen molar-refractivity contribution in [3.63, 3.8) is 0 Å². The molecule has 1 unspecified atom stereocenters. The van der Waals surface area contributed by atoms with Gasteiger partial charge in [-0.2, -0.15) is 0 Å². The molecule has 2 fully saturated rings. The van der Waals surface area contributed by atoms with E-state index >= 15 is 0 Å². The van der Waals surface area contributed by atoms with Gasteiger partial charge in [-0.05, 0) is 6.42 Å². The number of carbonyl (C=O) groups excluding carboxylic acids is 1. The van der Waals surface area contributed by atoms with Crippen LogP contribution in [0.3, 0.4) is 0 Å². The molecule has 0 aliphatic carbocycles. The molecule has 2 saturated heterocycles. The fourth-order valence-electron chi connectivity index (χ4n) is 2.37. The van der Waals surface area contributed by atoms with Crippen molar-refractivity contribution >= 4 is 15.9 Å². The van der Waals surface area contributed by atoms with Gasteiger partial charge in [-0.1, -0.05) is 0 Å². The predicted molar refractivity (Wildman–Crippen MR) is 57.0 cm³/mol. The number of primary sulfonamides is 1. The van der Waals surface area contributed by atoms with Gasteiger partial charge >= 0.3 is 0 Å². The van der Waals surface area contributed by atoms with Gasteiger partial charge in [0.1, 0.15) is 0 Å². The standard InChI is InChI=1S/C9H16N2O4S/c10-16(13,14)6-7-3-9(12)11(4-7)8-1-2-15-5-8/h7-8H,1-6H2,(H2,10,13,14)/t7?,8-/m1/s1. The van der Waals surface area contributed by atoms with Crippen molar-refractivity contribution in [1.29, 1.82) is 0 Å². The van der Waals surface area contributed by atoms with E-state index in [0.29, 0.717) is 19.8 Å². The number of carbonyl (C=O) groups is 1. The molecule has 2 aliphatic rings. The second-order valence-corrected chi connectivity index (χ2v) is 6.12. The molecule has 2 rings (SSSR count). The second kappa shape index (κ2) is 4.31. The zero-order chi connectivity index (χ0) is 11.8. The number of likely N-dealkylation sites (tertiary alicyclic amines) is 1. The third-order valence-corrected chi connectivity index (χ3v) is 3.99. The monoisotopic (exact) mass is 248 g/mol. The van der Waals surface area contributed by atoms with Gasteiger partial charge in [0.2, 0.25) is 15.9 Å². The Hall–Kier alpha value is -0.660. The van der Waals surface area contributed by atoms with Crippen LogP contribution in [0.2, 0.25) is 0 Å². The summed E-state index contributed by atoms with van der Waals surface area (Å²) < 4.78 is 27.1. The molecule has 92 valence electrons. The number of nitrogens with zero attached hydrogens (tertiary/aromatic N) is 1. The van der Waals surface area contributed by atoms with E-state index < -0.39 is 10.0 Å². The van der Waals surface area contributed by atoms with Crippen LogP contribution in [-0.2, 0) is 19.6 Å². The third kappa shape index (κ3) is 2.72. The molecule has 1 amide bonds. The summed E-state index contributed by atoms with van der Waals surface area (Å²) >= 11 is 0. The molecule has 7 heteroatoms. The Labute approximate surface area is 94.8 Å². The van der Waals surface area contributed by atoms with E-state index in [2.05, 4.69) is 0 Å². The summed E-state index contributed by atoms with van der Waals surface area (Å²) in [6.07, 6.45) is 1.13. The number of hydrogen-bond acceptors (Lipinski definition) is 4. The molecule has 2 heterocycles. The molecule has 0 bridgehead atoms. The van der Waals surface area contributed by atoms with Crippen molar-refractivity contribution in [3.05, 3.63) is 0 Å². The highest BCUT2D eigenvalue weighted by molar-refractivity contribution is 7.89. The number of nitrogens with two attached hydrogens (primary N) is 1. The Morgan fingerprint density at radius 3 is 2.81 bits per heavy atom. The third-order valence-electron chi connectivity index (χ3n) is 3.05. The lowest BCUT2D eigenvalue weighted by Gasteiger charge is -2.22. The maximum Gasteiger partial charge on any atom is 0.223 e. The van der Waals surface area contributed by atoms with Crippen LogP contribution in [0.4, 0.5) is 0 Å². The molecule has 0 aromatic heterocycles. The van der Waals surface area contributed by atoms with Crippen LogP contribution >= 0.6 is 0 Å². The van der Waals surface area contributed by atoms with Crippen LogP contribution in [0.5, 0.6) is 0 Å². The van der Waals surface area contributed by atoms with Crippen LogP contribution in [-0.4, -0.2) is 50.8 Å². The average Bonchev–Trinajstić information content (AvgIpc) is 2.71. The first kappa shape index (κ1) is 11.8. The average molecular weight is 248 g/mol. The van der Waals surface area contributed by atoms with Gasteiger partial charge in [-0.25, -0.2) is 13.6 Å². The Morgan fingerprint density at radius 2 is 2.25 bits per heavy atom. The number of hydrogen-bond donors (Lipinski definition) is 1. The van der Waals surface area contributed by atoms with E-state index in [-0.39, 0.29) is 30.0 Å². The Morgan fingerprint density at radius 1 is 1.50 bits per heavy atom. The molecule has 6 nitrogen and oxygen atoms in total. The lowest BCUT2D eigenvalue weighted by molar-refractivity contribution is -0.129. The second-order valence-electron chi connectivity index (χ2n) is 4.46. The maximum atomic E-state index is 11.7. The van der Waals surface area contributed by atoms with Gasteiger partial charge in [0.25, 0.3) is 0 Å². The summed E-state index contributed by atoms with van der Waals surface area (Å²) in [6.45, 7) is 1.73. The topological polar surface area (TPSA) is 89.7 Å². The highest BCUT2D eigenvalue weighted by atomic mass is 32.2. The van der Waals surface area contributed by atoms with E-state index in [9.17, 15) is 13.2 Å². The van der Waals surface area contributed by atoms with Crippen LogP contribution in [0.1, 0.15) is 12.8 Å². The largest absolute Gasteiger partial charge is 0.379 e. The first-order chi connectivity index (χ1) is 7.46. The Balaban J connectivity index is 1.96. The fraction of sp³-hybridized carbons (Fsp3) is 0.889. The SMILES string of the molecule is NS(=O)(=O)CC1CC(=O)N([C@@H]2CCOC2)C1. The van der Waals surface area contributed by atoms with Gasteiger partial charge in [0.15, 0.2) is 0 Å². The summed E-state index contributed by atoms with van der Waals surface area (Å²) in [7, 11) is -3.49. The first-order valence-electron chi connectivity index (χ1n) is 5.33. The van der Waals surface area contributed by atoms with E-state index in [0.717, 1.165) is 6.42 Å². The molecule has 0 radical (unpaired) electrons. The zero-order valence-corrected chi connectivity index (χ0v) is 9.78. The maximum absolute atomic E-state index is 11.7. The van der Waals surface area contributed by atoms with E-state index in [1.807, 2.05) is 0 Å². The van der Waals surface area contributed by atoms with Gasteiger partial charge in [-0.3, -0.25) is 4.79 Å². The molecule has 2 atom stereocenters. The van der Waals surface area contributed by atoms with Crippen molar-refractivity contribution in [2.24, 2.45) is 11.1 Å². The number of amides is 1. The smallest absolute Gasteiger partial charge is 0.223 e. The summed E-state index contributed by atoms with van der Waals surface area (Å²) in [5, 5.41) is 4.98. The van der Waals surface area contributed by atoms with Crippen molar-refractivity contribution in [3.8, 4) is 0 Å². The van der Waals surface area contributed by atoms with Crippen LogP contribution < -0.4 is 5.14 Å². The number of sulfonamides is 1. The first-order valence-corrected chi connectivity index (χ1v) is 7.05. The van der Waals surface area contributed by atoms with Crippen LogP contribution in [0.25, 0.3) is 0 Å². The van der Waals surface area contributed by atoms with Crippen molar-refractivity contribution in [2.75, 3.05) is 25.5 Å². The van der Waals surface area contributed by atoms with Gasteiger partial charge in [0.05, 0.1) is 18.4 Å². The number of ether oxygens (including phenoxy) is 1. The molecule has 2 N–H and O–H groups in total. The van der Waals surface area contributed by atoms with Crippen molar-refractivity contribution in [2.45, 2.75) is 18.9 Å². The molecule has 0 aromatic carbocycles. The van der Waals surface area contributed by atoms with Crippen LogP contribution in [0.15, 0.2) is 0 Å². The minimum Gasteiger partial charge on any atom is -0.379 e. The highest BCUT2D eigenvalue weighted by Crippen LogP contribution is 2.24. The molecular formula is C9H16N2O4S. The molecular weight excluding hydrogens is 232 g/mol. The minimum absolute atomic E-state index is 0.0177. The molecule has 0 spiro atoms. The van der Waals surface area contributed by atoms with E-state index in [4.69, 9.17) is 9.88 Å². The van der Waals surface area contributed by atoms with Gasteiger partial charge in [-0.15, -0.1) is 0 Å². The molecule has 2 aliphatic heterocycles. The Bertz CT molecular complexity index is 375. The zero-order valence-electron chi connectivity index (χ0n) is 8.96. The molecule has 0 aromatic rings. The normalized spacial score (nSPS) is 31.3. The van der Waals surface area contributed by atoms with E-state index in [1.165, 1.54) is 0 Å². The van der Waals surface area contributed by atoms with Gasteiger partial charge in [0, 0.05) is 25.5 Å². The number of rotatable bonds is 3. The van der Waals surface area contributed by atoms with E-state index in [1.54, 1.807) is 4.90 Å². The summed E-state index contributed by atoms with van der Waals surface area (Å²) in [6, 6.07) is 0.123. The fourth-order valence-corrected chi connectivity index (χ4v) is 3.25. The highest BCUT2D eigenvalue weighted by Gasteiger charge is 2.37. The quantitative estimate of drug-likeness (QED) is 0.687. The lowest BCUT2D eigenvalue weighted by Crippen LogP contribution is -2.37. The molecule has 0 saturated carbocycles. The van der Waals surface area contributed by atoms with Crippen LogP contribution in [0, 0.1) is 5.92 Å². The van der Waals surface area contributed by atoms with Crippen molar-refractivity contribution in [1.82, 2.24) is 4.90 Å². The molecule has 16 heavy (non-hydrogen) atoms.